The van der Waals surface area contributed by atoms with Crippen molar-refractivity contribution >= 4 is 18.4 Å². The van der Waals surface area contributed by atoms with E-state index in [9.17, 15) is 4.79 Å². The maximum atomic E-state index is 13.3. The van der Waals surface area contributed by atoms with E-state index in [1.807, 2.05) is 0 Å². The number of benzene rings is 1. The maximum absolute atomic E-state index is 13.3. The minimum atomic E-state index is -0.389. The number of likely N-dealkylation sites (N-methyl/N-ethyl adjacent to an activating group) is 1. The molecule has 0 N–H and O–H groups in total. The molecule has 0 radical (unpaired) electrons. The number of hydrogen-bond donors (Lipinski definition) is 1. The Bertz CT molecular complexity index is 770. The summed E-state index contributed by atoms with van der Waals surface area (Å²) in [5.74, 6) is 0.338. The van der Waals surface area contributed by atoms with Crippen molar-refractivity contribution in [3.63, 3.8) is 0 Å². The van der Waals surface area contributed by atoms with E-state index in [4.69, 9.17) is 12.6 Å². The Morgan fingerprint density at radius 3 is 2.56 bits per heavy atom. The van der Waals surface area contributed by atoms with Gasteiger partial charge in [0.2, 0.25) is 0 Å². The van der Waals surface area contributed by atoms with Crippen molar-refractivity contribution in [2.75, 3.05) is 13.6 Å². The van der Waals surface area contributed by atoms with E-state index < -0.39 is 0 Å². The minimum Gasteiger partial charge on any atom is -0.302 e. The van der Waals surface area contributed by atoms with Gasteiger partial charge in [-0.3, -0.25) is 4.79 Å². The molecule has 1 saturated heterocycles. The summed E-state index contributed by atoms with van der Waals surface area (Å²) in [7, 11) is 2.27. The van der Waals surface area contributed by atoms with Crippen molar-refractivity contribution in [2.24, 2.45) is 10.8 Å². The number of thiol groups is 1. The highest BCUT2D eigenvalue weighted by Gasteiger charge is 2.71. The third kappa shape index (κ3) is 1.84. The van der Waals surface area contributed by atoms with Crippen LogP contribution in [0.15, 0.2) is 12.1 Å². The summed E-state index contributed by atoms with van der Waals surface area (Å²) in [6, 6.07) is 5.08. The monoisotopic (exact) mass is 357 g/mol. The normalized spacial score (nSPS) is 39.7. The van der Waals surface area contributed by atoms with Crippen molar-refractivity contribution in [3.8, 4) is 0 Å². The van der Waals surface area contributed by atoms with Gasteiger partial charge in [0.05, 0.1) is 5.25 Å². The summed E-state index contributed by atoms with van der Waals surface area (Å²) in [5.41, 5.74) is 5.33. The van der Waals surface area contributed by atoms with Gasteiger partial charge in [-0.05, 0) is 74.4 Å². The number of carbonyl (C=O) groups is 1. The number of carbonyl (C=O) groups excluding carboxylic acids is 1. The summed E-state index contributed by atoms with van der Waals surface area (Å²) >= 11 is 4.76. The van der Waals surface area contributed by atoms with Gasteiger partial charge in [0.25, 0.3) is 0 Å². The number of piperidine rings is 1. The zero-order chi connectivity index (χ0) is 18.4. The highest BCUT2D eigenvalue weighted by molar-refractivity contribution is 7.81. The molecule has 1 aromatic rings. The molecule has 1 saturated carbocycles. The molecule has 2 bridgehead atoms. The van der Waals surface area contributed by atoms with E-state index >= 15 is 0 Å². The molecule has 0 spiro atoms. The molecule has 0 amide bonds. The highest BCUT2D eigenvalue weighted by Crippen LogP contribution is 2.68. The number of likely N-dealkylation sites (tertiary alicyclic amines) is 1. The molecule has 136 valence electrons. The van der Waals surface area contributed by atoms with Crippen LogP contribution in [-0.2, 0) is 16.6 Å². The number of fused-ring (bicyclic) bond motifs is 1. The molecule has 1 aromatic carbocycles. The van der Waals surface area contributed by atoms with Crippen molar-refractivity contribution in [3.05, 3.63) is 34.4 Å². The maximum Gasteiger partial charge on any atom is 0.152 e. The van der Waals surface area contributed by atoms with Gasteiger partial charge >= 0.3 is 0 Å². The second-order valence-corrected chi connectivity index (χ2v) is 10.1. The number of Topliss-reactive ketones (excluding diaryl/α,β-unsaturated/α-hetero) is 1. The molecule has 2 unspecified atom stereocenters. The summed E-state index contributed by atoms with van der Waals surface area (Å²) in [5, 5.41) is -0.145. The molecule has 2 aliphatic carbocycles. The number of rotatable bonds is 0. The van der Waals surface area contributed by atoms with E-state index in [0.29, 0.717) is 11.8 Å². The summed E-state index contributed by atoms with van der Waals surface area (Å²) in [6.07, 6.45) is 3.04. The Balaban J connectivity index is 2.12. The van der Waals surface area contributed by atoms with Gasteiger partial charge in [-0.25, -0.2) is 0 Å². The van der Waals surface area contributed by atoms with Gasteiger partial charge in [-0.2, -0.15) is 12.6 Å². The first-order chi connectivity index (χ1) is 11.6. The molecule has 4 rings (SSSR count). The van der Waals surface area contributed by atoms with E-state index in [1.54, 1.807) is 0 Å². The Morgan fingerprint density at radius 1 is 1.20 bits per heavy atom. The van der Waals surface area contributed by atoms with Crippen LogP contribution in [-0.4, -0.2) is 35.6 Å². The predicted molar refractivity (Wildman–Crippen MR) is 107 cm³/mol. The summed E-state index contributed by atoms with van der Waals surface area (Å²) < 4.78 is 0. The SMILES string of the molecule is Cc1ccc2c(c1C)[C@]13CCN(C)C(C2)[C@]1(C)CC(S)C(=O)C3(C)C. The Labute approximate surface area is 157 Å². The van der Waals surface area contributed by atoms with Crippen molar-refractivity contribution in [1.29, 1.82) is 0 Å². The molecule has 25 heavy (non-hydrogen) atoms. The second-order valence-electron chi connectivity index (χ2n) is 9.52. The molecule has 3 heteroatoms. The topological polar surface area (TPSA) is 20.3 Å². The highest BCUT2D eigenvalue weighted by atomic mass is 32.1. The quantitative estimate of drug-likeness (QED) is 0.705. The smallest absolute Gasteiger partial charge is 0.152 e. The van der Waals surface area contributed by atoms with Gasteiger partial charge < -0.3 is 4.90 Å². The molecule has 2 fully saturated rings. The molecule has 0 aromatic heterocycles. The standard InChI is InChI=1S/C22H31NOS/c1-13-7-8-15-11-17-21(5)12-16(25)19(24)20(3,4)22(21,9-10-23(17)6)18(15)14(13)2/h7-8,16-17,25H,9-12H2,1-6H3/t16?,17?,21-,22-/m0/s1. The van der Waals surface area contributed by atoms with Crippen LogP contribution in [0, 0.1) is 24.7 Å². The van der Waals surface area contributed by atoms with Crippen LogP contribution in [0.2, 0.25) is 0 Å². The Hall–Kier alpha value is -0.800. The fourth-order valence-electron chi connectivity index (χ4n) is 6.96. The summed E-state index contributed by atoms with van der Waals surface area (Å²) in [6.45, 7) is 12.4. The lowest BCUT2D eigenvalue weighted by Gasteiger charge is -2.70. The lowest BCUT2D eigenvalue weighted by atomic mass is 9.37. The van der Waals surface area contributed by atoms with Crippen molar-refractivity contribution < 1.29 is 4.79 Å². The van der Waals surface area contributed by atoms with Gasteiger partial charge in [-0.15, -0.1) is 0 Å². The van der Waals surface area contributed by atoms with E-state index in [0.717, 1.165) is 25.8 Å². The van der Waals surface area contributed by atoms with Crippen LogP contribution in [0.3, 0.4) is 0 Å². The molecule has 1 heterocycles. The first-order valence-electron chi connectivity index (χ1n) is 9.60. The first-order valence-corrected chi connectivity index (χ1v) is 10.1. The number of nitrogens with zero attached hydrogens (tertiary/aromatic N) is 1. The predicted octanol–water partition coefficient (Wildman–Crippen LogP) is 4.11. The largest absolute Gasteiger partial charge is 0.302 e. The van der Waals surface area contributed by atoms with Gasteiger partial charge in [0.15, 0.2) is 5.78 Å². The molecular weight excluding hydrogens is 326 g/mol. The Kier molecular flexibility index (Phi) is 3.61. The molecule has 2 nitrogen and oxygen atoms in total. The average molecular weight is 358 g/mol. The van der Waals surface area contributed by atoms with E-state index in [2.05, 4.69) is 58.7 Å². The lowest BCUT2D eigenvalue weighted by molar-refractivity contribution is -0.161. The van der Waals surface area contributed by atoms with E-state index in [-0.39, 0.29) is 21.5 Å². The molecule has 4 atom stereocenters. The minimum absolute atomic E-state index is 0.0787. The Morgan fingerprint density at radius 2 is 1.88 bits per heavy atom. The van der Waals surface area contributed by atoms with Crippen LogP contribution in [0.4, 0.5) is 0 Å². The van der Waals surface area contributed by atoms with Crippen molar-refractivity contribution in [2.45, 2.75) is 70.6 Å². The number of ketones is 1. The van der Waals surface area contributed by atoms with Gasteiger partial charge in [-0.1, -0.05) is 32.9 Å². The second kappa shape index (κ2) is 5.13. The first kappa shape index (κ1) is 17.6. The van der Waals surface area contributed by atoms with Crippen LogP contribution < -0.4 is 0 Å². The van der Waals surface area contributed by atoms with Crippen LogP contribution in [0.1, 0.15) is 55.9 Å². The third-order valence-corrected chi connectivity index (χ3v) is 8.76. The van der Waals surface area contributed by atoms with Crippen LogP contribution in [0.25, 0.3) is 0 Å². The van der Waals surface area contributed by atoms with Crippen molar-refractivity contribution in [1.82, 2.24) is 4.90 Å². The fourth-order valence-corrected chi connectivity index (χ4v) is 7.66. The van der Waals surface area contributed by atoms with Gasteiger partial charge in [0.1, 0.15) is 0 Å². The zero-order valence-corrected chi connectivity index (χ0v) is 17.3. The van der Waals surface area contributed by atoms with Crippen LogP contribution >= 0.6 is 12.6 Å². The third-order valence-electron chi connectivity index (χ3n) is 8.35. The molecule has 3 aliphatic rings. The average Bonchev–Trinajstić information content (AvgIpc) is 2.53. The zero-order valence-electron chi connectivity index (χ0n) is 16.4. The molecule has 1 aliphatic heterocycles. The summed E-state index contributed by atoms with van der Waals surface area (Å²) in [4.78, 5) is 15.9. The van der Waals surface area contributed by atoms with Gasteiger partial charge in [0, 0.05) is 16.9 Å². The van der Waals surface area contributed by atoms with E-state index in [1.165, 1.54) is 22.3 Å². The number of hydrogen-bond acceptors (Lipinski definition) is 3. The fraction of sp³-hybridized carbons (Fsp3) is 0.682. The number of aryl methyl sites for hydroxylation is 1. The van der Waals surface area contributed by atoms with Crippen LogP contribution in [0.5, 0.6) is 0 Å². The lowest BCUT2D eigenvalue weighted by Crippen LogP contribution is -2.74. The molecular formula is C22H31NOS.